The molecule has 1 N–H and O–H groups in total. The van der Waals surface area contributed by atoms with Crippen LogP contribution in [-0.4, -0.2) is 30.5 Å². The molecule has 0 atom stereocenters. The Labute approximate surface area is 172 Å². The number of hydrogen-bond acceptors (Lipinski definition) is 4. The minimum atomic E-state index is -0.219. The van der Waals surface area contributed by atoms with Gasteiger partial charge in [0.25, 0.3) is 5.91 Å². The molecule has 0 bridgehead atoms. The zero-order valence-electron chi connectivity index (χ0n) is 17.5. The van der Waals surface area contributed by atoms with Gasteiger partial charge in [-0.2, -0.15) is 0 Å². The van der Waals surface area contributed by atoms with Crippen molar-refractivity contribution in [3.05, 3.63) is 71.0 Å². The number of carbonyl (C=O) groups is 1. The normalized spacial score (nSPS) is 11.3. The average molecular weight is 395 g/mol. The number of ether oxygens (including phenoxy) is 1. The quantitative estimate of drug-likeness (QED) is 0.540. The fourth-order valence-electron chi connectivity index (χ4n) is 3.36. The van der Waals surface area contributed by atoms with Crippen LogP contribution in [-0.2, 0) is 24.4 Å². The molecule has 0 radical (unpaired) electrons. The molecule has 29 heavy (non-hydrogen) atoms. The lowest BCUT2D eigenvalue weighted by Gasteiger charge is -2.18. The van der Waals surface area contributed by atoms with Gasteiger partial charge in [0.1, 0.15) is 5.58 Å². The van der Waals surface area contributed by atoms with Crippen molar-refractivity contribution in [1.82, 2.24) is 10.2 Å². The third-order valence-corrected chi connectivity index (χ3v) is 5.13. The van der Waals surface area contributed by atoms with Gasteiger partial charge in [-0.1, -0.05) is 56.3 Å². The van der Waals surface area contributed by atoms with E-state index in [2.05, 4.69) is 48.3 Å². The number of amides is 1. The molecule has 0 aliphatic rings. The van der Waals surface area contributed by atoms with Crippen molar-refractivity contribution in [2.45, 2.75) is 40.5 Å². The third-order valence-electron chi connectivity index (χ3n) is 5.13. The average Bonchev–Trinajstić information content (AvgIpc) is 3.13. The van der Waals surface area contributed by atoms with Gasteiger partial charge in [0.2, 0.25) is 0 Å². The molecule has 0 saturated carbocycles. The van der Waals surface area contributed by atoms with Crippen LogP contribution in [0.15, 0.2) is 52.9 Å². The second-order valence-corrected chi connectivity index (χ2v) is 7.00. The molecular weight excluding hydrogens is 364 g/mol. The zero-order valence-corrected chi connectivity index (χ0v) is 17.5. The molecule has 0 saturated heterocycles. The van der Waals surface area contributed by atoms with Crippen LogP contribution in [0.5, 0.6) is 0 Å². The SMILES string of the molecule is CCOCc1c(C(=O)NCc2ccc(CN(CC)CC)cc2)oc2ccccc12. The first-order chi connectivity index (χ1) is 14.2. The summed E-state index contributed by atoms with van der Waals surface area (Å²) in [5, 5.41) is 3.90. The molecule has 3 rings (SSSR count). The smallest absolute Gasteiger partial charge is 0.287 e. The molecule has 0 aliphatic carbocycles. The molecule has 5 nitrogen and oxygen atoms in total. The van der Waals surface area contributed by atoms with Crippen LogP contribution in [0.2, 0.25) is 0 Å². The summed E-state index contributed by atoms with van der Waals surface area (Å²) in [5.41, 5.74) is 3.84. The summed E-state index contributed by atoms with van der Waals surface area (Å²) in [5.74, 6) is 0.112. The first-order valence-corrected chi connectivity index (χ1v) is 10.3. The second-order valence-electron chi connectivity index (χ2n) is 7.00. The Morgan fingerprint density at radius 1 is 1.00 bits per heavy atom. The van der Waals surface area contributed by atoms with E-state index in [-0.39, 0.29) is 5.91 Å². The summed E-state index contributed by atoms with van der Waals surface area (Å²) < 4.78 is 11.4. The highest BCUT2D eigenvalue weighted by molar-refractivity contribution is 5.99. The summed E-state index contributed by atoms with van der Waals surface area (Å²) in [6.45, 7) is 10.7. The monoisotopic (exact) mass is 394 g/mol. The number of carbonyl (C=O) groups excluding carboxylic acids is 1. The number of rotatable bonds is 10. The Morgan fingerprint density at radius 3 is 2.38 bits per heavy atom. The van der Waals surface area contributed by atoms with E-state index in [1.807, 2.05) is 31.2 Å². The van der Waals surface area contributed by atoms with Crippen LogP contribution in [0.1, 0.15) is 48.0 Å². The predicted octanol–water partition coefficient (Wildman–Crippen LogP) is 4.74. The maximum absolute atomic E-state index is 12.8. The minimum absolute atomic E-state index is 0.219. The highest BCUT2D eigenvalue weighted by Gasteiger charge is 2.20. The van der Waals surface area contributed by atoms with Gasteiger partial charge in [-0.15, -0.1) is 0 Å². The second kappa shape index (κ2) is 10.2. The topological polar surface area (TPSA) is 54.7 Å². The van der Waals surface area contributed by atoms with Crippen LogP contribution in [0.25, 0.3) is 11.0 Å². The van der Waals surface area contributed by atoms with Crippen LogP contribution < -0.4 is 5.32 Å². The molecule has 5 heteroatoms. The van der Waals surface area contributed by atoms with Crippen LogP contribution in [0.3, 0.4) is 0 Å². The molecular formula is C24H30N2O3. The first-order valence-electron chi connectivity index (χ1n) is 10.3. The zero-order chi connectivity index (χ0) is 20.6. The summed E-state index contributed by atoms with van der Waals surface area (Å²) >= 11 is 0. The Morgan fingerprint density at radius 2 is 1.69 bits per heavy atom. The van der Waals surface area contributed by atoms with E-state index < -0.39 is 0 Å². The molecule has 0 spiro atoms. The van der Waals surface area contributed by atoms with Gasteiger partial charge in [-0.25, -0.2) is 0 Å². The number of fused-ring (bicyclic) bond motifs is 1. The van der Waals surface area contributed by atoms with Gasteiger partial charge in [0, 0.05) is 30.6 Å². The Balaban J connectivity index is 1.67. The molecule has 3 aromatic rings. The fourth-order valence-corrected chi connectivity index (χ4v) is 3.36. The summed E-state index contributed by atoms with van der Waals surface area (Å²) in [6.07, 6.45) is 0. The largest absolute Gasteiger partial charge is 0.451 e. The number of benzene rings is 2. The van der Waals surface area contributed by atoms with E-state index in [9.17, 15) is 4.79 Å². The Hall–Kier alpha value is -2.63. The number of furan rings is 1. The van der Waals surface area contributed by atoms with E-state index in [0.717, 1.165) is 36.1 Å². The van der Waals surface area contributed by atoms with Crippen LogP contribution >= 0.6 is 0 Å². The highest BCUT2D eigenvalue weighted by atomic mass is 16.5. The Kier molecular flexibility index (Phi) is 7.44. The Bertz CT molecular complexity index is 927. The lowest BCUT2D eigenvalue weighted by atomic mass is 10.1. The summed E-state index contributed by atoms with van der Waals surface area (Å²) in [7, 11) is 0. The van der Waals surface area contributed by atoms with E-state index in [1.165, 1.54) is 5.56 Å². The number of para-hydroxylation sites is 1. The highest BCUT2D eigenvalue weighted by Crippen LogP contribution is 2.26. The van der Waals surface area contributed by atoms with Gasteiger partial charge >= 0.3 is 0 Å². The van der Waals surface area contributed by atoms with Crippen molar-refractivity contribution in [2.75, 3.05) is 19.7 Å². The van der Waals surface area contributed by atoms with Gasteiger partial charge in [0.15, 0.2) is 5.76 Å². The number of nitrogens with one attached hydrogen (secondary N) is 1. The molecule has 2 aromatic carbocycles. The van der Waals surface area contributed by atoms with Crippen molar-refractivity contribution in [3.8, 4) is 0 Å². The lowest BCUT2D eigenvalue weighted by molar-refractivity contribution is 0.0912. The van der Waals surface area contributed by atoms with Gasteiger partial charge in [-0.3, -0.25) is 9.69 Å². The summed E-state index contributed by atoms with van der Waals surface area (Å²) in [4.78, 5) is 15.2. The van der Waals surface area contributed by atoms with Gasteiger partial charge < -0.3 is 14.5 Å². The van der Waals surface area contributed by atoms with Gasteiger partial charge in [0.05, 0.1) is 6.61 Å². The molecule has 0 unspecified atom stereocenters. The summed E-state index contributed by atoms with van der Waals surface area (Å²) in [6, 6.07) is 16.1. The van der Waals surface area contributed by atoms with Crippen LogP contribution in [0, 0.1) is 0 Å². The van der Waals surface area contributed by atoms with Crippen molar-refractivity contribution in [3.63, 3.8) is 0 Å². The molecule has 1 amide bonds. The maximum atomic E-state index is 12.8. The minimum Gasteiger partial charge on any atom is -0.451 e. The van der Waals surface area contributed by atoms with Gasteiger partial charge in [-0.05, 0) is 37.2 Å². The standard InChI is InChI=1S/C24H30N2O3/c1-4-26(5-2)16-19-13-11-18(12-14-19)15-25-24(27)23-21(17-28-6-3)20-9-7-8-10-22(20)29-23/h7-14H,4-6,15-17H2,1-3H3,(H,25,27). The van der Waals surface area contributed by atoms with E-state index in [0.29, 0.717) is 31.1 Å². The van der Waals surface area contributed by atoms with E-state index in [1.54, 1.807) is 0 Å². The number of hydrogen-bond donors (Lipinski definition) is 1. The lowest BCUT2D eigenvalue weighted by Crippen LogP contribution is -2.24. The molecule has 0 aliphatic heterocycles. The molecule has 154 valence electrons. The number of nitrogens with zero attached hydrogens (tertiary/aromatic N) is 1. The van der Waals surface area contributed by atoms with Crippen molar-refractivity contribution < 1.29 is 13.9 Å². The molecule has 1 heterocycles. The van der Waals surface area contributed by atoms with E-state index >= 15 is 0 Å². The van der Waals surface area contributed by atoms with Crippen molar-refractivity contribution in [2.24, 2.45) is 0 Å². The molecule has 0 fully saturated rings. The van der Waals surface area contributed by atoms with E-state index in [4.69, 9.17) is 9.15 Å². The van der Waals surface area contributed by atoms with Crippen molar-refractivity contribution in [1.29, 1.82) is 0 Å². The van der Waals surface area contributed by atoms with Crippen molar-refractivity contribution >= 4 is 16.9 Å². The fraction of sp³-hybridized carbons (Fsp3) is 0.375. The predicted molar refractivity (Wildman–Crippen MR) is 116 cm³/mol. The third kappa shape index (κ3) is 5.25. The van der Waals surface area contributed by atoms with Crippen LogP contribution in [0.4, 0.5) is 0 Å². The maximum Gasteiger partial charge on any atom is 0.287 e. The first kappa shape index (κ1) is 21.1. The molecule has 1 aromatic heterocycles.